The molecule has 0 aliphatic heterocycles. The molecule has 1 fully saturated rings. The van der Waals surface area contributed by atoms with Crippen molar-refractivity contribution in [2.75, 3.05) is 13.1 Å². The molecule has 1 aliphatic carbocycles. The first-order valence-electron chi connectivity index (χ1n) is 5.27. The summed E-state index contributed by atoms with van der Waals surface area (Å²) in [7, 11) is 0. The first-order valence-corrected chi connectivity index (χ1v) is 5.27. The second-order valence-electron chi connectivity index (χ2n) is 4.04. The van der Waals surface area contributed by atoms with E-state index in [2.05, 4.69) is 0 Å². The van der Waals surface area contributed by atoms with Crippen molar-refractivity contribution in [3.05, 3.63) is 0 Å². The minimum absolute atomic E-state index is 0. The number of nitrogens with two attached hydrogens (primary N) is 2. The normalized spacial score (nSPS) is 26.1. The van der Waals surface area contributed by atoms with Gasteiger partial charge in [-0.2, -0.15) is 0 Å². The van der Waals surface area contributed by atoms with Crippen molar-refractivity contribution in [1.82, 2.24) is 0 Å². The van der Waals surface area contributed by atoms with Gasteiger partial charge in [0.05, 0.1) is 0 Å². The number of hydrogen-bond donors (Lipinski definition) is 2. The molecule has 0 spiro atoms. The average Bonchev–Trinajstić information content (AvgIpc) is 2.09. The summed E-state index contributed by atoms with van der Waals surface area (Å²) in [4.78, 5) is 0. The van der Waals surface area contributed by atoms with Crippen LogP contribution in [0.3, 0.4) is 0 Å². The summed E-state index contributed by atoms with van der Waals surface area (Å²) in [6, 6.07) is 0. The maximum absolute atomic E-state index is 5.53. The minimum Gasteiger partial charge on any atom is -0.330 e. The molecule has 4 N–H and O–H groups in total. The lowest BCUT2D eigenvalue weighted by Crippen LogP contribution is -2.19. The molecule has 0 aromatic heterocycles. The lowest BCUT2D eigenvalue weighted by Gasteiger charge is -2.27. The Morgan fingerprint density at radius 3 is 1.21 bits per heavy atom. The van der Waals surface area contributed by atoms with E-state index in [0.717, 1.165) is 24.9 Å². The average molecular weight is 243 g/mol. The van der Waals surface area contributed by atoms with Crippen molar-refractivity contribution in [1.29, 1.82) is 0 Å². The van der Waals surface area contributed by atoms with Crippen LogP contribution in [0, 0.1) is 11.8 Å². The van der Waals surface area contributed by atoms with Crippen LogP contribution in [0.4, 0.5) is 0 Å². The van der Waals surface area contributed by atoms with Crippen molar-refractivity contribution in [3.63, 3.8) is 0 Å². The predicted molar refractivity (Wildman–Crippen MR) is 67.3 cm³/mol. The van der Waals surface area contributed by atoms with Crippen LogP contribution in [-0.2, 0) is 0 Å². The van der Waals surface area contributed by atoms with E-state index in [-0.39, 0.29) is 24.8 Å². The van der Waals surface area contributed by atoms with Gasteiger partial charge in [0.2, 0.25) is 0 Å². The molecule has 0 bridgehead atoms. The quantitative estimate of drug-likeness (QED) is 0.796. The number of rotatable bonds is 4. The van der Waals surface area contributed by atoms with Gasteiger partial charge in [-0.25, -0.2) is 0 Å². The van der Waals surface area contributed by atoms with E-state index in [0.29, 0.717) is 0 Å². The van der Waals surface area contributed by atoms with Crippen molar-refractivity contribution >= 4 is 24.8 Å². The molecule has 0 atom stereocenters. The molecule has 1 aliphatic rings. The van der Waals surface area contributed by atoms with Gasteiger partial charge in [-0.3, -0.25) is 0 Å². The van der Waals surface area contributed by atoms with Crippen LogP contribution in [-0.4, -0.2) is 13.1 Å². The molecule has 14 heavy (non-hydrogen) atoms. The van der Waals surface area contributed by atoms with Crippen molar-refractivity contribution < 1.29 is 0 Å². The predicted octanol–water partition coefficient (Wildman–Crippen LogP) is 2.33. The summed E-state index contributed by atoms with van der Waals surface area (Å²) >= 11 is 0. The third-order valence-corrected chi connectivity index (χ3v) is 3.12. The molecule has 1 saturated carbocycles. The highest BCUT2D eigenvalue weighted by Crippen LogP contribution is 2.31. The van der Waals surface area contributed by atoms with Crippen LogP contribution < -0.4 is 11.5 Å². The Morgan fingerprint density at radius 1 is 0.714 bits per heavy atom. The smallest absolute Gasteiger partial charge is 0.00746 e. The van der Waals surface area contributed by atoms with Crippen molar-refractivity contribution in [3.8, 4) is 0 Å². The first-order chi connectivity index (χ1) is 5.86. The molecule has 0 heterocycles. The van der Waals surface area contributed by atoms with E-state index in [4.69, 9.17) is 11.5 Å². The zero-order valence-corrected chi connectivity index (χ0v) is 10.4. The first kappa shape index (κ1) is 16.9. The number of hydrogen-bond acceptors (Lipinski definition) is 2. The molecular formula is C10H24Cl2N2. The Hall–Kier alpha value is 0.500. The van der Waals surface area contributed by atoms with Crippen molar-refractivity contribution in [2.24, 2.45) is 23.3 Å². The molecular weight excluding hydrogens is 219 g/mol. The highest BCUT2D eigenvalue weighted by Gasteiger charge is 2.19. The molecule has 0 aromatic carbocycles. The van der Waals surface area contributed by atoms with Gasteiger partial charge in [0, 0.05) is 0 Å². The van der Waals surface area contributed by atoms with E-state index in [1.807, 2.05) is 0 Å². The van der Waals surface area contributed by atoms with Crippen LogP contribution in [0.5, 0.6) is 0 Å². The molecule has 88 valence electrons. The largest absolute Gasteiger partial charge is 0.330 e. The zero-order chi connectivity index (χ0) is 8.81. The molecule has 0 amide bonds. The van der Waals surface area contributed by atoms with Gasteiger partial charge in [0.1, 0.15) is 0 Å². The van der Waals surface area contributed by atoms with Crippen LogP contribution in [0.1, 0.15) is 38.5 Å². The summed E-state index contributed by atoms with van der Waals surface area (Å²) in [5, 5.41) is 0. The van der Waals surface area contributed by atoms with Gasteiger partial charge in [-0.1, -0.05) is 25.7 Å². The Balaban J connectivity index is 0. The van der Waals surface area contributed by atoms with Crippen LogP contribution >= 0.6 is 24.8 Å². The lowest BCUT2D eigenvalue weighted by atomic mass is 9.79. The summed E-state index contributed by atoms with van der Waals surface area (Å²) in [6.07, 6.45) is 8.03. The van der Waals surface area contributed by atoms with E-state index in [1.165, 1.54) is 38.5 Å². The summed E-state index contributed by atoms with van der Waals surface area (Å²) < 4.78 is 0. The van der Waals surface area contributed by atoms with Gasteiger partial charge in [0.15, 0.2) is 0 Å². The highest BCUT2D eigenvalue weighted by molar-refractivity contribution is 5.85. The minimum atomic E-state index is 0. The maximum Gasteiger partial charge on any atom is -0.00746 e. The zero-order valence-electron chi connectivity index (χ0n) is 8.78. The third kappa shape index (κ3) is 6.07. The second kappa shape index (κ2) is 10.0. The van der Waals surface area contributed by atoms with Gasteiger partial charge >= 0.3 is 0 Å². The third-order valence-electron chi connectivity index (χ3n) is 3.12. The van der Waals surface area contributed by atoms with E-state index in [9.17, 15) is 0 Å². The number of halogens is 2. The maximum atomic E-state index is 5.53. The summed E-state index contributed by atoms with van der Waals surface area (Å²) in [6.45, 7) is 1.73. The molecule has 0 saturated heterocycles. The topological polar surface area (TPSA) is 52.0 Å². The monoisotopic (exact) mass is 242 g/mol. The summed E-state index contributed by atoms with van der Waals surface area (Å²) in [5.74, 6) is 1.84. The molecule has 2 nitrogen and oxygen atoms in total. The lowest BCUT2D eigenvalue weighted by molar-refractivity contribution is 0.257. The molecule has 0 aromatic rings. The van der Waals surface area contributed by atoms with Gasteiger partial charge in [-0.05, 0) is 37.8 Å². The molecule has 4 heteroatoms. The van der Waals surface area contributed by atoms with E-state index < -0.39 is 0 Å². The standard InChI is InChI=1S/C10H22N2.2ClH/c11-7-5-9-1-2-10(4-3-9)6-8-12;;/h9-10H,1-8,11-12H2;2*1H. The van der Waals surface area contributed by atoms with Crippen LogP contribution in [0.25, 0.3) is 0 Å². The van der Waals surface area contributed by atoms with Crippen LogP contribution in [0.15, 0.2) is 0 Å². The SMILES string of the molecule is Cl.Cl.NCCC1CCC(CCN)CC1. The summed E-state index contributed by atoms with van der Waals surface area (Å²) in [5.41, 5.74) is 11.1. The van der Waals surface area contributed by atoms with E-state index >= 15 is 0 Å². The fraction of sp³-hybridized carbons (Fsp3) is 1.00. The van der Waals surface area contributed by atoms with Gasteiger partial charge in [-0.15, -0.1) is 24.8 Å². The highest BCUT2D eigenvalue weighted by atomic mass is 35.5. The van der Waals surface area contributed by atoms with Gasteiger partial charge in [0.25, 0.3) is 0 Å². The Bertz CT molecular complexity index is 101. The molecule has 0 unspecified atom stereocenters. The van der Waals surface area contributed by atoms with E-state index in [1.54, 1.807) is 0 Å². The Labute approximate surface area is 100 Å². The van der Waals surface area contributed by atoms with Crippen molar-refractivity contribution in [2.45, 2.75) is 38.5 Å². The van der Waals surface area contributed by atoms with Gasteiger partial charge < -0.3 is 11.5 Å². The fourth-order valence-electron chi connectivity index (χ4n) is 2.28. The second-order valence-corrected chi connectivity index (χ2v) is 4.04. The Morgan fingerprint density at radius 2 is 1.00 bits per heavy atom. The molecule has 0 radical (unpaired) electrons. The molecule has 1 rings (SSSR count). The fourth-order valence-corrected chi connectivity index (χ4v) is 2.28. The Kier molecular flexibility index (Phi) is 12.1. The van der Waals surface area contributed by atoms with Crippen LogP contribution in [0.2, 0.25) is 0 Å².